The number of anilines is 5. The number of halogens is 1. The van der Waals surface area contributed by atoms with Crippen molar-refractivity contribution >= 4 is 57.5 Å². The van der Waals surface area contributed by atoms with Crippen molar-refractivity contribution in [1.82, 2.24) is 19.5 Å². The van der Waals surface area contributed by atoms with Crippen molar-refractivity contribution < 1.29 is 9.53 Å². The molecule has 1 amide bonds. The van der Waals surface area contributed by atoms with Crippen LogP contribution >= 0.6 is 11.6 Å². The monoisotopic (exact) mass is 570 g/mol. The molecule has 0 aliphatic rings. The fraction of sp³-hybridized carbons (Fsp3) is 0.200. The molecule has 0 saturated carbocycles. The molecule has 0 bridgehead atoms. The van der Waals surface area contributed by atoms with Crippen molar-refractivity contribution in [3.63, 3.8) is 0 Å². The quantitative estimate of drug-likeness (QED) is 0.0765. The molecule has 2 heterocycles. The van der Waals surface area contributed by atoms with Gasteiger partial charge in [-0.3, -0.25) is 4.79 Å². The molecule has 0 spiro atoms. The maximum atomic E-state index is 12.6. The number of rotatable bonds is 12. The van der Waals surface area contributed by atoms with E-state index in [2.05, 4.69) is 32.8 Å². The molecule has 3 aromatic carbocycles. The number of nitrogens with zero attached hydrogens (tertiary/aromatic N) is 4. The molecule has 5 N–H and O–H groups in total. The van der Waals surface area contributed by atoms with Crippen molar-refractivity contribution in [1.29, 1.82) is 0 Å². The van der Waals surface area contributed by atoms with Gasteiger partial charge in [0.2, 0.25) is 5.95 Å². The molecule has 0 aliphatic heterocycles. The molecule has 0 unspecified atom stereocenters. The van der Waals surface area contributed by atoms with E-state index in [1.54, 1.807) is 30.6 Å². The number of imidazole rings is 1. The molecular formula is C30H31ClN8O2. The molecule has 0 radical (unpaired) electrons. The summed E-state index contributed by atoms with van der Waals surface area (Å²) in [5.74, 6) is 0.749. The number of fused-ring (bicyclic) bond motifs is 1. The van der Waals surface area contributed by atoms with Gasteiger partial charge in [-0.15, -0.1) is 0 Å². The van der Waals surface area contributed by atoms with Gasteiger partial charge < -0.3 is 31.0 Å². The Hall–Kier alpha value is -4.67. The Labute approximate surface area is 242 Å². The number of benzene rings is 3. The van der Waals surface area contributed by atoms with Gasteiger partial charge in [0.15, 0.2) is 17.0 Å². The molecule has 11 heteroatoms. The van der Waals surface area contributed by atoms with Gasteiger partial charge in [-0.05, 0) is 54.4 Å². The van der Waals surface area contributed by atoms with Crippen LogP contribution in [0.15, 0.2) is 79.1 Å². The van der Waals surface area contributed by atoms with Crippen molar-refractivity contribution in [2.24, 2.45) is 0 Å². The molecular weight excluding hydrogens is 540 g/mol. The van der Waals surface area contributed by atoms with E-state index in [0.717, 1.165) is 36.3 Å². The van der Waals surface area contributed by atoms with Crippen LogP contribution in [-0.4, -0.2) is 32.2 Å². The Morgan fingerprint density at radius 3 is 2.66 bits per heavy atom. The number of aryl methyl sites for hydroxylation is 1. The van der Waals surface area contributed by atoms with Gasteiger partial charge in [0, 0.05) is 22.8 Å². The van der Waals surface area contributed by atoms with Crippen LogP contribution in [0.1, 0.15) is 35.7 Å². The third-order valence-electron chi connectivity index (χ3n) is 6.33. The third-order valence-corrected chi connectivity index (χ3v) is 6.57. The van der Waals surface area contributed by atoms with Crippen molar-refractivity contribution in [2.45, 2.75) is 32.9 Å². The summed E-state index contributed by atoms with van der Waals surface area (Å²) in [6.45, 7) is 3.47. The van der Waals surface area contributed by atoms with Gasteiger partial charge in [-0.25, -0.2) is 4.98 Å². The number of ether oxygens (including phenoxy) is 1. The first kappa shape index (κ1) is 27.9. The summed E-state index contributed by atoms with van der Waals surface area (Å²) >= 11 is 6.17. The molecule has 5 rings (SSSR count). The number of hydrogen-bond donors (Lipinski definition) is 4. The normalized spacial score (nSPS) is 11.0. The van der Waals surface area contributed by atoms with E-state index in [1.807, 2.05) is 53.1 Å². The zero-order valence-electron chi connectivity index (χ0n) is 22.6. The van der Waals surface area contributed by atoms with Crippen LogP contribution in [0.25, 0.3) is 11.2 Å². The van der Waals surface area contributed by atoms with Crippen molar-refractivity contribution in [3.8, 4) is 0 Å². The van der Waals surface area contributed by atoms with Crippen LogP contribution in [0.3, 0.4) is 0 Å². The lowest BCUT2D eigenvalue weighted by Gasteiger charge is -2.12. The molecule has 41 heavy (non-hydrogen) atoms. The van der Waals surface area contributed by atoms with Gasteiger partial charge >= 0.3 is 0 Å². The van der Waals surface area contributed by atoms with Gasteiger partial charge in [-0.2, -0.15) is 9.97 Å². The second-order valence-corrected chi connectivity index (χ2v) is 9.84. The summed E-state index contributed by atoms with van der Waals surface area (Å²) in [6, 6.07) is 21.8. The summed E-state index contributed by atoms with van der Waals surface area (Å²) in [6.07, 6.45) is 3.86. The summed E-state index contributed by atoms with van der Waals surface area (Å²) in [5, 5.41) is 9.92. The predicted molar refractivity (Wildman–Crippen MR) is 163 cm³/mol. The minimum atomic E-state index is -0.232. The highest BCUT2D eigenvalue weighted by Crippen LogP contribution is 2.26. The Kier molecular flexibility index (Phi) is 8.92. The minimum absolute atomic E-state index is 0.181. The second-order valence-electron chi connectivity index (χ2n) is 9.40. The SMILES string of the molecule is CCCCn1cnc2c(Nc3cccc(Cl)c3)nc(NCOCc3ccc(C(=O)Nc4ccccc4N)cc3)nc21. The molecule has 0 saturated heterocycles. The molecule has 0 atom stereocenters. The predicted octanol–water partition coefficient (Wildman–Crippen LogP) is 6.44. The van der Waals surface area contributed by atoms with Crippen LogP contribution in [0.4, 0.5) is 28.8 Å². The number of nitrogens with one attached hydrogen (secondary N) is 3. The van der Waals surface area contributed by atoms with E-state index in [1.165, 1.54) is 0 Å². The van der Waals surface area contributed by atoms with Crippen LogP contribution < -0.4 is 21.7 Å². The van der Waals surface area contributed by atoms with E-state index in [9.17, 15) is 4.79 Å². The lowest BCUT2D eigenvalue weighted by molar-refractivity contribution is 0.102. The smallest absolute Gasteiger partial charge is 0.255 e. The van der Waals surface area contributed by atoms with Gasteiger partial charge in [0.1, 0.15) is 6.73 Å². The molecule has 210 valence electrons. The zero-order chi connectivity index (χ0) is 28.6. The van der Waals surface area contributed by atoms with Crippen LogP contribution in [0.5, 0.6) is 0 Å². The fourth-order valence-electron chi connectivity index (χ4n) is 4.15. The first-order valence-electron chi connectivity index (χ1n) is 13.3. The average molecular weight is 571 g/mol. The molecule has 2 aromatic heterocycles. The molecule has 0 aliphatic carbocycles. The summed E-state index contributed by atoms with van der Waals surface area (Å²) in [7, 11) is 0. The van der Waals surface area contributed by atoms with E-state index in [-0.39, 0.29) is 12.6 Å². The maximum Gasteiger partial charge on any atom is 0.255 e. The lowest BCUT2D eigenvalue weighted by Crippen LogP contribution is -2.13. The first-order valence-corrected chi connectivity index (χ1v) is 13.7. The Morgan fingerprint density at radius 1 is 1.05 bits per heavy atom. The number of carbonyl (C=O) groups is 1. The second kappa shape index (κ2) is 13.1. The van der Waals surface area contributed by atoms with E-state index in [4.69, 9.17) is 27.1 Å². The van der Waals surface area contributed by atoms with Crippen LogP contribution in [0, 0.1) is 0 Å². The Balaban J connectivity index is 1.22. The third kappa shape index (κ3) is 7.10. The number of para-hydroxylation sites is 2. The Morgan fingerprint density at radius 2 is 1.88 bits per heavy atom. The number of nitrogens with two attached hydrogens (primary N) is 1. The fourth-order valence-corrected chi connectivity index (χ4v) is 4.34. The maximum absolute atomic E-state index is 12.6. The zero-order valence-corrected chi connectivity index (χ0v) is 23.4. The number of unbranched alkanes of at least 4 members (excludes halogenated alkanes) is 1. The standard InChI is InChI=1S/C30H31ClN8O2/c1-2-3-15-39-18-33-26-27(35-23-8-6-7-22(31)16-23)37-30(38-28(26)39)34-19-41-17-20-11-13-21(14-12-20)29(40)36-25-10-5-4-9-24(25)32/h4-14,16,18H,2-3,15,17,19,32H2,1H3,(H,36,40)(H2,34,35,37,38). The van der Waals surface area contributed by atoms with Crippen molar-refractivity contribution in [2.75, 3.05) is 28.4 Å². The van der Waals surface area contributed by atoms with Crippen molar-refractivity contribution in [3.05, 3.63) is 95.3 Å². The highest BCUT2D eigenvalue weighted by atomic mass is 35.5. The number of aromatic nitrogens is 4. The molecule has 0 fully saturated rings. The number of amides is 1. The number of hydrogen-bond acceptors (Lipinski definition) is 8. The first-order chi connectivity index (χ1) is 20.0. The van der Waals surface area contributed by atoms with Crippen LogP contribution in [-0.2, 0) is 17.9 Å². The topological polar surface area (TPSA) is 132 Å². The number of carbonyl (C=O) groups excluding carboxylic acids is 1. The number of nitrogen functional groups attached to an aromatic ring is 1. The summed E-state index contributed by atoms with van der Waals surface area (Å²) in [4.78, 5) is 26.5. The lowest BCUT2D eigenvalue weighted by atomic mass is 10.1. The molecule has 10 nitrogen and oxygen atoms in total. The van der Waals surface area contributed by atoms with E-state index < -0.39 is 0 Å². The largest absolute Gasteiger partial charge is 0.397 e. The van der Waals surface area contributed by atoms with Gasteiger partial charge in [0.05, 0.1) is 24.3 Å². The summed E-state index contributed by atoms with van der Waals surface area (Å²) in [5.41, 5.74) is 10.7. The van der Waals surface area contributed by atoms with Gasteiger partial charge in [-0.1, -0.05) is 55.3 Å². The summed E-state index contributed by atoms with van der Waals surface area (Å²) < 4.78 is 7.86. The highest BCUT2D eigenvalue weighted by molar-refractivity contribution is 6.30. The van der Waals surface area contributed by atoms with E-state index in [0.29, 0.717) is 45.9 Å². The Bertz CT molecular complexity index is 1640. The van der Waals surface area contributed by atoms with Crippen LogP contribution in [0.2, 0.25) is 5.02 Å². The molecule has 5 aromatic rings. The average Bonchev–Trinajstić information content (AvgIpc) is 3.39. The highest BCUT2D eigenvalue weighted by Gasteiger charge is 2.14. The van der Waals surface area contributed by atoms with E-state index >= 15 is 0 Å². The minimum Gasteiger partial charge on any atom is -0.397 e. The van der Waals surface area contributed by atoms with Gasteiger partial charge in [0.25, 0.3) is 5.91 Å².